The maximum Gasteiger partial charge on any atom is 0.0711 e. The highest BCUT2D eigenvalue weighted by atomic mass is 14.9. The van der Waals surface area contributed by atoms with Crippen LogP contribution in [0.1, 0.15) is 27.8 Å². The van der Waals surface area contributed by atoms with Crippen LogP contribution in [0, 0.1) is 5.41 Å². The third-order valence-corrected chi connectivity index (χ3v) is 7.67. The van der Waals surface area contributed by atoms with Gasteiger partial charge in [-0.15, -0.1) is 0 Å². The Kier molecular flexibility index (Phi) is 6.35. The minimum absolute atomic E-state index is 0.481. The zero-order valence-electron chi connectivity index (χ0n) is 22.5. The average Bonchev–Trinajstić information content (AvgIpc) is 3.05. The number of hydrogen-bond acceptors (Lipinski definition) is 2. The molecule has 0 fully saturated rings. The maximum absolute atomic E-state index is 9.65. The molecule has 41 heavy (non-hydrogen) atoms. The Balaban J connectivity index is 1.49. The van der Waals surface area contributed by atoms with E-state index in [4.69, 9.17) is 0 Å². The van der Waals surface area contributed by atoms with Crippen LogP contribution in [-0.4, -0.2) is 5.71 Å². The monoisotopic (exact) mass is 524 g/mol. The molecular formula is C39H28N2. The van der Waals surface area contributed by atoms with Crippen LogP contribution in [0.2, 0.25) is 0 Å². The first kappa shape index (κ1) is 24.6. The molecule has 0 atom stereocenters. The summed E-state index contributed by atoms with van der Waals surface area (Å²) in [6.07, 6.45) is 2.21. The zero-order valence-corrected chi connectivity index (χ0v) is 22.5. The highest BCUT2D eigenvalue weighted by molar-refractivity contribution is 6.36. The molecule has 1 aliphatic rings. The summed E-state index contributed by atoms with van der Waals surface area (Å²) in [4.78, 5) is 0. The van der Waals surface area contributed by atoms with E-state index in [1.54, 1.807) is 0 Å². The van der Waals surface area contributed by atoms with Crippen molar-refractivity contribution in [3.8, 4) is 11.1 Å². The molecule has 0 radical (unpaired) electrons. The Bertz CT molecular complexity index is 1950. The van der Waals surface area contributed by atoms with E-state index in [0.717, 1.165) is 55.7 Å². The SMILES string of the molecule is N=C(/C(=C1\NC(c2ccccc2)=Cc2ccc(-c3ccccc3)cc21)c1ccccc1)c1ccc2ccccc2c1. The molecule has 0 saturated carbocycles. The lowest BCUT2D eigenvalue weighted by Gasteiger charge is -2.27. The molecule has 1 heterocycles. The predicted molar refractivity (Wildman–Crippen MR) is 173 cm³/mol. The average molecular weight is 525 g/mol. The molecule has 1 aliphatic heterocycles. The fourth-order valence-corrected chi connectivity index (χ4v) is 5.58. The molecule has 0 saturated heterocycles. The van der Waals surface area contributed by atoms with Gasteiger partial charge in [-0.2, -0.15) is 0 Å². The summed E-state index contributed by atoms with van der Waals surface area (Å²) in [6, 6.07) is 52.4. The predicted octanol–water partition coefficient (Wildman–Crippen LogP) is 9.54. The zero-order chi connectivity index (χ0) is 27.6. The van der Waals surface area contributed by atoms with Crippen LogP contribution in [0.4, 0.5) is 0 Å². The number of benzene rings is 6. The molecular weight excluding hydrogens is 496 g/mol. The van der Waals surface area contributed by atoms with Gasteiger partial charge in [0, 0.05) is 22.4 Å². The molecule has 194 valence electrons. The Morgan fingerprint density at radius 2 is 1.12 bits per heavy atom. The van der Waals surface area contributed by atoms with Crippen molar-refractivity contribution in [3.63, 3.8) is 0 Å². The van der Waals surface area contributed by atoms with Gasteiger partial charge < -0.3 is 5.32 Å². The standard InChI is InChI=1S/C39H28N2/c40-38(34-23-20-28-14-10-11-19-31(28)24-34)37(30-17-8-3-9-18-30)39-35-25-32(27-12-4-1-5-13-27)21-22-33(35)26-36(41-39)29-15-6-2-7-16-29/h1-26,40-41H/b39-37-,40-38?. The van der Waals surface area contributed by atoms with E-state index < -0.39 is 0 Å². The van der Waals surface area contributed by atoms with Crippen molar-refractivity contribution < 1.29 is 0 Å². The van der Waals surface area contributed by atoms with Crippen LogP contribution in [0.15, 0.2) is 152 Å². The van der Waals surface area contributed by atoms with Crippen molar-refractivity contribution in [2.24, 2.45) is 0 Å². The Labute approximate surface area is 240 Å². The molecule has 6 aromatic carbocycles. The van der Waals surface area contributed by atoms with Gasteiger partial charge in [0.05, 0.1) is 11.4 Å². The minimum atomic E-state index is 0.481. The molecule has 0 aromatic heterocycles. The fraction of sp³-hybridized carbons (Fsp3) is 0. The molecule has 2 nitrogen and oxygen atoms in total. The molecule has 0 spiro atoms. The Morgan fingerprint density at radius 1 is 0.488 bits per heavy atom. The summed E-state index contributed by atoms with van der Waals surface area (Å²) in [5.41, 5.74) is 10.8. The van der Waals surface area contributed by atoms with Gasteiger partial charge >= 0.3 is 0 Å². The molecule has 0 amide bonds. The van der Waals surface area contributed by atoms with Gasteiger partial charge in [0.2, 0.25) is 0 Å². The summed E-state index contributed by atoms with van der Waals surface area (Å²) in [7, 11) is 0. The van der Waals surface area contributed by atoms with E-state index in [1.807, 2.05) is 36.4 Å². The van der Waals surface area contributed by atoms with Crippen LogP contribution in [0.25, 0.3) is 44.9 Å². The fourth-order valence-electron chi connectivity index (χ4n) is 5.58. The van der Waals surface area contributed by atoms with Crippen LogP contribution in [-0.2, 0) is 0 Å². The lowest BCUT2D eigenvalue weighted by atomic mass is 9.86. The summed E-state index contributed by atoms with van der Waals surface area (Å²) in [5, 5.41) is 15.7. The Morgan fingerprint density at radius 3 is 1.85 bits per heavy atom. The molecule has 0 unspecified atom stereocenters. The first-order valence-electron chi connectivity index (χ1n) is 13.9. The number of nitrogens with one attached hydrogen (secondary N) is 2. The molecule has 0 bridgehead atoms. The van der Waals surface area contributed by atoms with Crippen molar-refractivity contribution in [1.82, 2.24) is 5.32 Å². The first-order chi connectivity index (χ1) is 20.2. The van der Waals surface area contributed by atoms with Crippen molar-refractivity contribution in [2.45, 2.75) is 0 Å². The van der Waals surface area contributed by atoms with E-state index in [1.165, 1.54) is 10.9 Å². The van der Waals surface area contributed by atoms with E-state index in [2.05, 4.69) is 127 Å². The Hall–Kier alpha value is -5.47. The lowest BCUT2D eigenvalue weighted by molar-refractivity contribution is 1.22. The summed E-state index contributed by atoms with van der Waals surface area (Å²) in [5.74, 6) is 0. The first-order valence-corrected chi connectivity index (χ1v) is 13.9. The third kappa shape index (κ3) is 4.77. The van der Waals surface area contributed by atoms with Crippen LogP contribution >= 0.6 is 0 Å². The van der Waals surface area contributed by atoms with Crippen LogP contribution in [0.3, 0.4) is 0 Å². The van der Waals surface area contributed by atoms with Crippen molar-refractivity contribution in [2.75, 3.05) is 0 Å². The highest BCUT2D eigenvalue weighted by Crippen LogP contribution is 2.38. The van der Waals surface area contributed by atoms with Gasteiger partial charge in [0.25, 0.3) is 0 Å². The summed E-state index contributed by atoms with van der Waals surface area (Å²) in [6.45, 7) is 0. The van der Waals surface area contributed by atoms with Gasteiger partial charge in [-0.1, -0.05) is 140 Å². The molecule has 2 heteroatoms. The normalized spacial score (nSPS) is 13.6. The van der Waals surface area contributed by atoms with E-state index in [9.17, 15) is 5.41 Å². The number of allylic oxidation sites excluding steroid dienone is 1. The van der Waals surface area contributed by atoms with Crippen molar-refractivity contribution in [1.29, 1.82) is 5.41 Å². The van der Waals surface area contributed by atoms with Gasteiger partial charge in [-0.3, -0.25) is 5.41 Å². The third-order valence-electron chi connectivity index (χ3n) is 7.67. The quantitative estimate of drug-likeness (QED) is 0.216. The topological polar surface area (TPSA) is 35.9 Å². The summed E-state index contributed by atoms with van der Waals surface area (Å²) >= 11 is 0. The molecule has 0 aliphatic carbocycles. The van der Waals surface area contributed by atoms with Crippen LogP contribution in [0.5, 0.6) is 0 Å². The maximum atomic E-state index is 9.65. The molecule has 7 rings (SSSR count). The number of rotatable bonds is 5. The van der Waals surface area contributed by atoms with Crippen molar-refractivity contribution >= 4 is 39.5 Å². The van der Waals surface area contributed by atoms with Crippen LogP contribution < -0.4 is 5.32 Å². The molecule has 2 N–H and O–H groups in total. The van der Waals surface area contributed by atoms with Gasteiger partial charge in [-0.25, -0.2) is 0 Å². The minimum Gasteiger partial charge on any atom is -0.354 e. The highest BCUT2D eigenvalue weighted by Gasteiger charge is 2.24. The number of fused-ring (bicyclic) bond motifs is 2. The second-order valence-corrected chi connectivity index (χ2v) is 10.3. The largest absolute Gasteiger partial charge is 0.354 e. The van der Waals surface area contributed by atoms with E-state index >= 15 is 0 Å². The van der Waals surface area contributed by atoms with Crippen molar-refractivity contribution in [3.05, 3.63) is 179 Å². The number of hydrogen-bond donors (Lipinski definition) is 2. The van der Waals surface area contributed by atoms with Gasteiger partial charge in [0.1, 0.15) is 0 Å². The molecule has 6 aromatic rings. The summed E-state index contributed by atoms with van der Waals surface area (Å²) < 4.78 is 0. The second kappa shape index (κ2) is 10.6. The lowest BCUT2D eigenvalue weighted by Crippen LogP contribution is -2.20. The van der Waals surface area contributed by atoms with Gasteiger partial charge in [0.15, 0.2) is 0 Å². The van der Waals surface area contributed by atoms with Gasteiger partial charge in [-0.05, 0) is 56.8 Å². The second-order valence-electron chi connectivity index (χ2n) is 10.3. The smallest absolute Gasteiger partial charge is 0.0711 e. The van der Waals surface area contributed by atoms with E-state index in [0.29, 0.717) is 5.71 Å². The van der Waals surface area contributed by atoms with E-state index in [-0.39, 0.29) is 0 Å².